The Hall–Kier alpha value is -0.870. The highest BCUT2D eigenvalue weighted by Gasteiger charge is 2.19. The van der Waals surface area contributed by atoms with Crippen molar-refractivity contribution in [2.45, 2.75) is 39.3 Å². The van der Waals surface area contributed by atoms with Gasteiger partial charge in [0.25, 0.3) is 0 Å². The van der Waals surface area contributed by atoms with Gasteiger partial charge in [0, 0.05) is 19.2 Å². The van der Waals surface area contributed by atoms with Crippen LogP contribution in [0.4, 0.5) is 0 Å². The summed E-state index contributed by atoms with van der Waals surface area (Å²) in [5.41, 5.74) is 6.35. The maximum atomic E-state index is 5.50. The molecule has 0 bridgehead atoms. The predicted octanol–water partition coefficient (Wildman–Crippen LogP) is 1.76. The molecule has 4 nitrogen and oxygen atoms in total. The minimum Gasteiger partial charge on any atom is -0.360 e. The van der Waals surface area contributed by atoms with Crippen molar-refractivity contribution in [2.24, 2.45) is 11.7 Å². The van der Waals surface area contributed by atoms with Gasteiger partial charge < -0.3 is 10.3 Å². The summed E-state index contributed by atoms with van der Waals surface area (Å²) in [5.74, 6) is 1.79. The molecule has 0 spiro atoms. The first kappa shape index (κ1) is 11.6. The van der Waals surface area contributed by atoms with E-state index in [0.29, 0.717) is 6.54 Å². The number of hydrogen-bond donors (Lipinski definition) is 1. The van der Waals surface area contributed by atoms with Crippen molar-refractivity contribution < 1.29 is 4.52 Å². The fourth-order valence-corrected chi connectivity index (χ4v) is 2.38. The van der Waals surface area contributed by atoms with Crippen LogP contribution in [0.15, 0.2) is 10.6 Å². The molecule has 1 aliphatic heterocycles. The number of hydrogen-bond acceptors (Lipinski definition) is 4. The first-order valence-electron chi connectivity index (χ1n) is 6.18. The molecule has 0 amide bonds. The summed E-state index contributed by atoms with van der Waals surface area (Å²) < 4.78 is 5.26. The van der Waals surface area contributed by atoms with Crippen LogP contribution in [0, 0.1) is 5.92 Å². The Morgan fingerprint density at radius 3 is 3.19 bits per heavy atom. The zero-order chi connectivity index (χ0) is 11.4. The minimum atomic E-state index is 0.459. The van der Waals surface area contributed by atoms with Crippen molar-refractivity contribution in [2.75, 3.05) is 13.1 Å². The average molecular weight is 223 g/mol. The second-order valence-electron chi connectivity index (χ2n) is 4.64. The molecule has 1 aromatic rings. The molecule has 90 valence electrons. The van der Waals surface area contributed by atoms with Crippen LogP contribution in [-0.4, -0.2) is 23.1 Å². The zero-order valence-corrected chi connectivity index (χ0v) is 9.98. The molecule has 1 aromatic heterocycles. The molecule has 0 radical (unpaired) electrons. The highest BCUT2D eigenvalue weighted by atomic mass is 16.5. The van der Waals surface area contributed by atoms with E-state index in [1.807, 2.05) is 6.07 Å². The molecule has 1 saturated heterocycles. The number of piperidine rings is 1. The fourth-order valence-electron chi connectivity index (χ4n) is 2.38. The summed E-state index contributed by atoms with van der Waals surface area (Å²) in [6.45, 7) is 5.98. The van der Waals surface area contributed by atoms with E-state index < -0.39 is 0 Å². The predicted molar refractivity (Wildman–Crippen MR) is 62.7 cm³/mol. The van der Waals surface area contributed by atoms with Gasteiger partial charge in [-0.1, -0.05) is 18.5 Å². The van der Waals surface area contributed by atoms with Gasteiger partial charge in [-0.3, -0.25) is 4.90 Å². The Morgan fingerprint density at radius 1 is 1.62 bits per heavy atom. The lowest BCUT2D eigenvalue weighted by Crippen LogP contribution is -2.34. The summed E-state index contributed by atoms with van der Waals surface area (Å²) in [6.07, 6.45) is 3.95. The number of rotatable bonds is 4. The molecule has 16 heavy (non-hydrogen) atoms. The van der Waals surface area contributed by atoms with Crippen LogP contribution in [0.2, 0.25) is 0 Å². The molecule has 0 saturated carbocycles. The maximum Gasteiger partial charge on any atom is 0.151 e. The van der Waals surface area contributed by atoms with E-state index in [1.165, 1.54) is 32.4 Å². The molecule has 2 rings (SSSR count). The van der Waals surface area contributed by atoms with Gasteiger partial charge in [-0.05, 0) is 25.3 Å². The second-order valence-corrected chi connectivity index (χ2v) is 4.64. The average Bonchev–Trinajstić information content (AvgIpc) is 2.77. The van der Waals surface area contributed by atoms with E-state index in [2.05, 4.69) is 17.0 Å². The molecular formula is C12H21N3O. The molecule has 1 fully saturated rings. The monoisotopic (exact) mass is 223 g/mol. The van der Waals surface area contributed by atoms with Crippen LogP contribution in [-0.2, 0) is 13.1 Å². The third-order valence-electron chi connectivity index (χ3n) is 3.38. The van der Waals surface area contributed by atoms with Gasteiger partial charge in [-0.25, -0.2) is 0 Å². The van der Waals surface area contributed by atoms with Crippen LogP contribution < -0.4 is 5.73 Å². The third-order valence-corrected chi connectivity index (χ3v) is 3.38. The van der Waals surface area contributed by atoms with Crippen molar-refractivity contribution in [3.63, 3.8) is 0 Å². The molecule has 2 N–H and O–H groups in total. The molecular weight excluding hydrogens is 202 g/mol. The number of nitrogens with two attached hydrogens (primary N) is 1. The Balaban J connectivity index is 1.88. The lowest BCUT2D eigenvalue weighted by Gasteiger charge is -2.31. The van der Waals surface area contributed by atoms with Gasteiger partial charge in [-0.15, -0.1) is 0 Å². The fraction of sp³-hybridized carbons (Fsp3) is 0.750. The van der Waals surface area contributed by atoms with Crippen LogP contribution >= 0.6 is 0 Å². The number of likely N-dealkylation sites (tertiary alicyclic amines) is 1. The van der Waals surface area contributed by atoms with Crippen molar-refractivity contribution in [3.05, 3.63) is 17.5 Å². The lowest BCUT2D eigenvalue weighted by molar-refractivity contribution is 0.150. The standard InChI is InChI=1S/C12H21N3O/c1-2-10-4-3-5-15(8-10)9-12-6-11(7-13)14-16-12/h6,10H,2-5,7-9,13H2,1H3. The second kappa shape index (κ2) is 5.46. The molecule has 0 aliphatic carbocycles. The minimum absolute atomic E-state index is 0.459. The third kappa shape index (κ3) is 2.83. The first-order chi connectivity index (χ1) is 7.81. The van der Waals surface area contributed by atoms with E-state index in [4.69, 9.17) is 10.3 Å². The Labute approximate surface area is 96.8 Å². The largest absolute Gasteiger partial charge is 0.360 e. The van der Waals surface area contributed by atoms with Gasteiger partial charge in [-0.2, -0.15) is 0 Å². The van der Waals surface area contributed by atoms with E-state index in [-0.39, 0.29) is 0 Å². The van der Waals surface area contributed by atoms with Gasteiger partial charge >= 0.3 is 0 Å². The van der Waals surface area contributed by atoms with Crippen molar-refractivity contribution in [1.29, 1.82) is 0 Å². The zero-order valence-electron chi connectivity index (χ0n) is 9.98. The van der Waals surface area contributed by atoms with Gasteiger partial charge in [0.1, 0.15) is 0 Å². The van der Waals surface area contributed by atoms with E-state index in [1.54, 1.807) is 0 Å². The lowest BCUT2D eigenvalue weighted by atomic mass is 9.96. The number of aromatic nitrogens is 1. The SMILES string of the molecule is CCC1CCCN(Cc2cc(CN)no2)C1. The molecule has 4 heteroatoms. The van der Waals surface area contributed by atoms with Gasteiger partial charge in [0.05, 0.1) is 12.2 Å². The Bertz CT molecular complexity index is 324. The molecule has 1 unspecified atom stereocenters. The van der Waals surface area contributed by atoms with Crippen LogP contribution in [0.3, 0.4) is 0 Å². The summed E-state index contributed by atoms with van der Waals surface area (Å²) in [5, 5.41) is 3.91. The highest BCUT2D eigenvalue weighted by molar-refractivity contribution is 5.04. The summed E-state index contributed by atoms with van der Waals surface area (Å²) >= 11 is 0. The summed E-state index contributed by atoms with van der Waals surface area (Å²) in [7, 11) is 0. The van der Waals surface area contributed by atoms with Crippen LogP contribution in [0.25, 0.3) is 0 Å². The number of nitrogens with zero attached hydrogens (tertiary/aromatic N) is 2. The molecule has 1 atom stereocenters. The first-order valence-corrected chi connectivity index (χ1v) is 6.18. The van der Waals surface area contributed by atoms with Crippen molar-refractivity contribution in [1.82, 2.24) is 10.1 Å². The van der Waals surface area contributed by atoms with E-state index in [9.17, 15) is 0 Å². The van der Waals surface area contributed by atoms with Gasteiger partial charge in [0.15, 0.2) is 5.76 Å². The molecule has 2 heterocycles. The Kier molecular flexibility index (Phi) is 3.96. The molecule has 0 aromatic carbocycles. The smallest absolute Gasteiger partial charge is 0.151 e. The van der Waals surface area contributed by atoms with Crippen LogP contribution in [0.1, 0.15) is 37.6 Å². The Morgan fingerprint density at radius 2 is 2.50 bits per heavy atom. The molecule has 1 aliphatic rings. The van der Waals surface area contributed by atoms with Crippen molar-refractivity contribution in [3.8, 4) is 0 Å². The quantitative estimate of drug-likeness (QED) is 0.845. The van der Waals surface area contributed by atoms with Gasteiger partial charge in [0.2, 0.25) is 0 Å². The summed E-state index contributed by atoms with van der Waals surface area (Å²) in [6, 6.07) is 1.97. The highest BCUT2D eigenvalue weighted by Crippen LogP contribution is 2.20. The van der Waals surface area contributed by atoms with E-state index >= 15 is 0 Å². The van der Waals surface area contributed by atoms with Crippen molar-refractivity contribution >= 4 is 0 Å². The van der Waals surface area contributed by atoms with E-state index in [0.717, 1.165) is 23.9 Å². The summed E-state index contributed by atoms with van der Waals surface area (Å²) in [4.78, 5) is 2.46. The topological polar surface area (TPSA) is 55.3 Å². The normalized spacial score (nSPS) is 22.5. The van der Waals surface area contributed by atoms with Crippen LogP contribution in [0.5, 0.6) is 0 Å². The maximum absolute atomic E-state index is 5.50.